The van der Waals surface area contributed by atoms with Gasteiger partial charge in [0.1, 0.15) is 17.5 Å². The molecular weight excluding hydrogens is 338 g/mol. The van der Waals surface area contributed by atoms with Gasteiger partial charge in [-0.2, -0.15) is 0 Å². The summed E-state index contributed by atoms with van der Waals surface area (Å²) in [4.78, 5) is 19.3. The largest absolute Gasteiger partial charge is 0.338 e. The number of nitrogens with one attached hydrogen (secondary N) is 2. The second-order valence-corrected chi connectivity index (χ2v) is 5.84. The van der Waals surface area contributed by atoms with Crippen LogP contribution in [0.1, 0.15) is 5.56 Å². The van der Waals surface area contributed by atoms with E-state index in [1.165, 1.54) is 6.07 Å². The van der Waals surface area contributed by atoms with Crippen molar-refractivity contribution in [2.24, 2.45) is 0 Å². The standard InChI is InChI=1S/C19H14F2N4O/c20-13-6-7-15(14(21)8-13)23-18-9-16-17(10-22-18)25(19(26)24-16)11-12-4-2-1-3-5-12/h1-10H,11H2,(H,22,23)(H,24,26). The molecule has 0 aliphatic heterocycles. The minimum Gasteiger partial charge on any atom is -0.338 e. The molecule has 2 heterocycles. The van der Waals surface area contributed by atoms with E-state index in [4.69, 9.17) is 0 Å². The fourth-order valence-electron chi connectivity index (χ4n) is 2.78. The predicted octanol–water partition coefficient (Wildman–Crippen LogP) is 3.79. The zero-order valence-electron chi connectivity index (χ0n) is 13.5. The highest BCUT2D eigenvalue weighted by Crippen LogP contribution is 2.21. The number of pyridine rings is 1. The molecule has 0 atom stereocenters. The molecule has 0 unspecified atom stereocenters. The maximum Gasteiger partial charge on any atom is 0.326 e. The average Bonchev–Trinajstić information content (AvgIpc) is 2.93. The molecule has 2 N–H and O–H groups in total. The third-order valence-electron chi connectivity index (χ3n) is 4.04. The number of H-pyrrole nitrogens is 1. The van der Waals surface area contributed by atoms with Crippen molar-refractivity contribution in [3.8, 4) is 0 Å². The second-order valence-electron chi connectivity index (χ2n) is 5.84. The van der Waals surface area contributed by atoms with Crippen LogP contribution in [0.3, 0.4) is 0 Å². The first-order valence-corrected chi connectivity index (χ1v) is 7.95. The van der Waals surface area contributed by atoms with E-state index in [-0.39, 0.29) is 11.4 Å². The van der Waals surface area contributed by atoms with Gasteiger partial charge in [-0.15, -0.1) is 0 Å². The van der Waals surface area contributed by atoms with Crippen LogP contribution >= 0.6 is 0 Å². The smallest absolute Gasteiger partial charge is 0.326 e. The van der Waals surface area contributed by atoms with Crippen LogP contribution in [0.25, 0.3) is 11.0 Å². The van der Waals surface area contributed by atoms with Crippen molar-refractivity contribution < 1.29 is 8.78 Å². The summed E-state index contributed by atoms with van der Waals surface area (Å²) in [6.07, 6.45) is 1.54. The van der Waals surface area contributed by atoms with Gasteiger partial charge >= 0.3 is 5.69 Å². The number of hydrogen-bond acceptors (Lipinski definition) is 3. The molecule has 0 aliphatic carbocycles. The highest BCUT2D eigenvalue weighted by atomic mass is 19.1. The molecule has 5 nitrogen and oxygen atoms in total. The molecule has 2 aromatic heterocycles. The maximum atomic E-state index is 13.8. The predicted molar refractivity (Wildman–Crippen MR) is 95.5 cm³/mol. The minimum atomic E-state index is -0.720. The highest BCUT2D eigenvalue weighted by Gasteiger charge is 2.10. The van der Waals surface area contributed by atoms with Crippen molar-refractivity contribution in [2.45, 2.75) is 6.54 Å². The second kappa shape index (κ2) is 6.44. The van der Waals surface area contributed by atoms with Gasteiger partial charge in [0.05, 0.1) is 29.5 Å². The Labute approximate surface area is 146 Å². The van der Waals surface area contributed by atoms with E-state index < -0.39 is 11.6 Å². The van der Waals surface area contributed by atoms with Crippen molar-refractivity contribution in [2.75, 3.05) is 5.32 Å². The van der Waals surface area contributed by atoms with Gasteiger partial charge in [0, 0.05) is 12.1 Å². The van der Waals surface area contributed by atoms with E-state index in [1.807, 2.05) is 30.3 Å². The van der Waals surface area contributed by atoms with Crippen molar-refractivity contribution >= 4 is 22.5 Å². The van der Waals surface area contributed by atoms with Crippen LogP contribution in [0.5, 0.6) is 0 Å². The summed E-state index contributed by atoms with van der Waals surface area (Å²) >= 11 is 0. The quantitative estimate of drug-likeness (QED) is 0.587. The first-order chi connectivity index (χ1) is 12.6. The normalized spacial score (nSPS) is 11.0. The Balaban J connectivity index is 1.67. The monoisotopic (exact) mass is 352 g/mol. The van der Waals surface area contributed by atoms with Crippen molar-refractivity contribution in [3.05, 3.63) is 88.5 Å². The first-order valence-electron chi connectivity index (χ1n) is 7.95. The molecule has 2 aromatic carbocycles. The van der Waals surface area contributed by atoms with E-state index in [0.717, 1.165) is 17.7 Å². The average molecular weight is 352 g/mol. The number of aromatic amines is 1. The summed E-state index contributed by atoms with van der Waals surface area (Å²) < 4.78 is 28.3. The summed E-state index contributed by atoms with van der Waals surface area (Å²) in [5.74, 6) is -1.03. The molecule has 0 bridgehead atoms. The molecule has 0 saturated heterocycles. The maximum absolute atomic E-state index is 13.8. The van der Waals surface area contributed by atoms with Crippen molar-refractivity contribution in [1.29, 1.82) is 0 Å². The molecule has 0 amide bonds. The SMILES string of the molecule is O=c1[nH]c2cc(Nc3ccc(F)cc3F)ncc2n1Cc1ccccc1. The number of imidazole rings is 1. The number of benzene rings is 2. The fraction of sp³-hybridized carbons (Fsp3) is 0.0526. The van der Waals surface area contributed by atoms with E-state index in [9.17, 15) is 13.6 Å². The molecule has 7 heteroatoms. The van der Waals surface area contributed by atoms with Crippen molar-refractivity contribution in [3.63, 3.8) is 0 Å². The Hall–Kier alpha value is -3.48. The van der Waals surface area contributed by atoms with Crippen LogP contribution in [0.4, 0.5) is 20.3 Å². The number of nitrogens with zero attached hydrogens (tertiary/aromatic N) is 2. The molecule has 130 valence electrons. The lowest BCUT2D eigenvalue weighted by Crippen LogP contribution is -2.17. The van der Waals surface area contributed by atoms with E-state index in [2.05, 4.69) is 15.3 Å². The molecule has 4 aromatic rings. The van der Waals surface area contributed by atoms with Gasteiger partial charge in [0.15, 0.2) is 0 Å². The molecule has 0 aliphatic rings. The Morgan fingerprint density at radius 3 is 2.65 bits per heavy atom. The Kier molecular flexibility index (Phi) is 3.96. The lowest BCUT2D eigenvalue weighted by Gasteiger charge is -2.07. The van der Waals surface area contributed by atoms with Crippen LogP contribution in [0.2, 0.25) is 0 Å². The van der Waals surface area contributed by atoms with Gasteiger partial charge in [-0.25, -0.2) is 18.6 Å². The molecule has 0 fully saturated rings. The summed E-state index contributed by atoms with van der Waals surface area (Å²) in [7, 11) is 0. The number of anilines is 2. The number of halogens is 2. The van der Waals surface area contributed by atoms with Gasteiger partial charge in [-0.1, -0.05) is 30.3 Å². The van der Waals surface area contributed by atoms with Crippen LogP contribution in [-0.4, -0.2) is 14.5 Å². The van der Waals surface area contributed by atoms with Gasteiger partial charge in [0.25, 0.3) is 0 Å². The van der Waals surface area contributed by atoms with Crippen LogP contribution < -0.4 is 11.0 Å². The van der Waals surface area contributed by atoms with Crippen molar-refractivity contribution in [1.82, 2.24) is 14.5 Å². The van der Waals surface area contributed by atoms with Gasteiger partial charge in [-0.05, 0) is 17.7 Å². The Morgan fingerprint density at radius 2 is 1.88 bits per heavy atom. The summed E-state index contributed by atoms with van der Waals surface area (Å²) in [5, 5.41) is 2.79. The minimum absolute atomic E-state index is 0.101. The molecular formula is C19H14F2N4O. The third kappa shape index (κ3) is 3.06. The molecule has 0 saturated carbocycles. The van der Waals surface area contributed by atoms with Crippen LogP contribution in [-0.2, 0) is 6.54 Å². The van der Waals surface area contributed by atoms with E-state index in [0.29, 0.717) is 23.4 Å². The Bertz CT molecular complexity index is 1140. The summed E-state index contributed by atoms with van der Waals surface area (Å²) in [6, 6.07) is 14.5. The molecule has 26 heavy (non-hydrogen) atoms. The number of fused-ring (bicyclic) bond motifs is 1. The third-order valence-corrected chi connectivity index (χ3v) is 4.04. The van der Waals surface area contributed by atoms with E-state index >= 15 is 0 Å². The topological polar surface area (TPSA) is 62.7 Å². The number of hydrogen-bond donors (Lipinski definition) is 2. The first kappa shape index (κ1) is 16.0. The summed E-state index contributed by atoms with van der Waals surface area (Å²) in [5.41, 5.74) is 2.06. The highest BCUT2D eigenvalue weighted by molar-refractivity contribution is 5.78. The van der Waals surface area contributed by atoms with Gasteiger partial charge in [-0.3, -0.25) is 4.57 Å². The molecule has 0 radical (unpaired) electrons. The number of rotatable bonds is 4. The fourth-order valence-corrected chi connectivity index (χ4v) is 2.78. The Morgan fingerprint density at radius 1 is 1.08 bits per heavy atom. The molecule has 0 spiro atoms. The van der Waals surface area contributed by atoms with E-state index in [1.54, 1.807) is 16.8 Å². The van der Waals surface area contributed by atoms with Gasteiger partial charge in [0.2, 0.25) is 0 Å². The number of aromatic nitrogens is 3. The lowest BCUT2D eigenvalue weighted by molar-refractivity contribution is 0.586. The van der Waals surface area contributed by atoms with Gasteiger partial charge < -0.3 is 10.3 Å². The zero-order valence-corrected chi connectivity index (χ0v) is 13.5. The zero-order chi connectivity index (χ0) is 18.1. The summed E-state index contributed by atoms with van der Waals surface area (Å²) in [6.45, 7) is 0.417. The lowest BCUT2D eigenvalue weighted by atomic mass is 10.2. The molecule has 4 rings (SSSR count). The van der Waals surface area contributed by atoms with Crippen LogP contribution in [0.15, 0.2) is 65.6 Å². The van der Waals surface area contributed by atoms with Crippen LogP contribution in [0, 0.1) is 11.6 Å².